The van der Waals surface area contributed by atoms with E-state index in [1.165, 1.54) is 0 Å². The van der Waals surface area contributed by atoms with Crippen LogP contribution in [0.3, 0.4) is 0 Å². The van der Waals surface area contributed by atoms with Crippen LogP contribution in [0.1, 0.15) is 20.8 Å². The lowest BCUT2D eigenvalue weighted by Crippen LogP contribution is -2.75. The highest BCUT2D eigenvalue weighted by Crippen LogP contribution is 2.62. The summed E-state index contributed by atoms with van der Waals surface area (Å²) < 4.78 is 245. The molecule has 38 heavy (non-hydrogen) atoms. The average Bonchev–Trinajstić information content (AvgIpc) is 2.76. The van der Waals surface area contributed by atoms with E-state index in [4.69, 9.17) is 0 Å². The van der Waals surface area contributed by atoms with Gasteiger partial charge in [0.2, 0.25) is 12.0 Å². The Hall–Kier alpha value is -1.13. The molecule has 0 rings (SSSR count). The lowest BCUT2D eigenvalue weighted by atomic mass is 9.89. The first-order valence-corrected chi connectivity index (χ1v) is 11.5. The van der Waals surface area contributed by atoms with E-state index in [0.717, 1.165) is 20.8 Å². The molecule has 4 nitrogen and oxygen atoms in total. The minimum Gasteiger partial charge on any atom is -0.372 e. The predicted octanol–water partition coefficient (Wildman–Crippen LogP) is 6.83. The largest absolute Gasteiger partial charge is 0.543 e. The molecule has 0 radical (unpaired) electrons. The number of alkyl halides is 17. The van der Waals surface area contributed by atoms with Gasteiger partial charge in [0.15, 0.2) is 6.17 Å². The smallest absolute Gasteiger partial charge is 0.372 e. The van der Waals surface area contributed by atoms with Crippen molar-refractivity contribution in [3.05, 3.63) is 0 Å². The second-order valence-electron chi connectivity index (χ2n) is 6.99. The summed E-state index contributed by atoms with van der Waals surface area (Å²) in [6, 6.07) is 0. The summed E-state index contributed by atoms with van der Waals surface area (Å²) in [6.07, 6.45) is -15.7. The van der Waals surface area contributed by atoms with Gasteiger partial charge in [0.05, 0.1) is 0 Å². The fourth-order valence-electron chi connectivity index (χ4n) is 2.64. The molecule has 22 heteroatoms. The van der Waals surface area contributed by atoms with Crippen molar-refractivity contribution in [1.82, 2.24) is 6.15 Å². The van der Waals surface area contributed by atoms with Crippen molar-refractivity contribution in [3.8, 4) is 0 Å². The minimum atomic E-state index is -8.45. The van der Waals surface area contributed by atoms with E-state index in [9.17, 15) is 74.6 Å². The Kier molecular flexibility index (Phi) is 12.9. The van der Waals surface area contributed by atoms with Gasteiger partial charge in [-0.3, -0.25) is 0 Å². The van der Waals surface area contributed by atoms with Crippen molar-refractivity contribution >= 4 is 8.80 Å². The molecule has 0 spiro atoms. The fraction of sp³-hybridized carbons (Fsp3) is 1.00. The number of halogens is 17. The third kappa shape index (κ3) is 5.97. The van der Waals surface area contributed by atoms with Crippen LogP contribution >= 0.6 is 0 Å². The van der Waals surface area contributed by atoms with Gasteiger partial charge in [0.1, 0.15) is 0 Å². The molecule has 0 saturated carbocycles. The van der Waals surface area contributed by atoms with Crippen LogP contribution in [0.5, 0.6) is 0 Å². The summed E-state index contributed by atoms with van der Waals surface area (Å²) in [7, 11) is -5.91. The van der Waals surface area contributed by atoms with E-state index in [1.807, 2.05) is 0 Å². The molecular formula is C16H22F17NO3Si. The molecule has 0 fully saturated rings. The summed E-state index contributed by atoms with van der Waals surface area (Å²) in [4.78, 5) is 0. The zero-order chi connectivity index (χ0) is 30.1. The van der Waals surface area contributed by atoms with Gasteiger partial charge in [-0.1, -0.05) is 0 Å². The van der Waals surface area contributed by atoms with Crippen LogP contribution in [0.25, 0.3) is 0 Å². The average molecular weight is 627 g/mol. The molecule has 0 aromatic rings. The van der Waals surface area contributed by atoms with Crippen molar-refractivity contribution in [2.75, 3.05) is 19.8 Å². The molecule has 0 amide bonds. The maximum atomic E-state index is 14.7. The molecule has 0 aromatic heterocycles. The number of hydrogen-bond donors (Lipinski definition) is 1. The monoisotopic (exact) mass is 627 g/mol. The van der Waals surface area contributed by atoms with Gasteiger partial charge in [-0.25, -0.2) is 22.0 Å². The second-order valence-corrected chi connectivity index (χ2v) is 9.57. The molecule has 0 aromatic carbocycles. The van der Waals surface area contributed by atoms with E-state index in [0.29, 0.717) is 0 Å². The predicted molar refractivity (Wildman–Crippen MR) is 96.0 cm³/mol. The van der Waals surface area contributed by atoms with E-state index in [2.05, 4.69) is 13.3 Å². The zero-order valence-electron chi connectivity index (χ0n) is 19.3. The second kappa shape index (κ2) is 12.6. The molecule has 0 aliphatic rings. The third-order valence-electron chi connectivity index (χ3n) is 4.55. The van der Waals surface area contributed by atoms with Gasteiger partial charge < -0.3 is 19.4 Å². The van der Waals surface area contributed by atoms with Crippen molar-refractivity contribution in [2.45, 2.75) is 80.9 Å². The Morgan fingerprint density at radius 2 is 0.816 bits per heavy atom. The van der Waals surface area contributed by atoms with E-state index >= 15 is 0 Å². The molecule has 232 valence electrons. The molecule has 3 N–H and O–H groups in total. The van der Waals surface area contributed by atoms with Gasteiger partial charge in [-0.2, -0.15) is 52.7 Å². The van der Waals surface area contributed by atoms with Crippen LogP contribution in [0.15, 0.2) is 0 Å². The Labute approximate surface area is 204 Å². The lowest BCUT2D eigenvalue weighted by molar-refractivity contribution is -0.433. The van der Waals surface area contributed by atoms with E-state index in [-0.39, 0.29) is 6.15 Å². The summed E-state index contributed by atoms with van der Waals surface area (Å²) in [6.45, 7) is -0.0516. The fourth-order valence-corrected chi connectivity index (χ4v) is 5.16. The Balaban J connectivity index is 0. The van der Waals surface area contributed by atoms with Crippen molar-refractivity contribution in [3.63, 3.8) is 0 Å². The summed E-state index contributed by atoms with van der Waals surface area (Å²) in [5, 5.41) is 0. The highest BCUT2D eigenvalue weighted by Gasteiger charge is 2.93. The van der Waals surface area contributed by atoms with E-state index < -0.39 is 88.7 Å². The molecule has 0 aliphatic heterocycles. The Morgan fingerprint density at radius 3 is 1.08 bits per heavy atom. The molecule has 3 unspecified atom stereocenters. The molecule has 0 bridgehead atoms. The standard InChI is InChI=1S/C16H19F17O3Si.H3N/c1-4-34-37(35-5-2,36-6-3)10(21)12(24,25)14(28,29)16(32,33)15(30,31)13(26,27)11(22,23)8(18)7(17)9(19)20;/h7-10H,4-6H2,1-3H3;1H3. The SMILES string of the molecule is CCO[Si](OCC)(OCC)C(F)C(F)(F)C(F)(F)C(F)(F)C(F)(F)C(F)(F)C(F)(F)C(F)C(F)C(F)F.N. The van der Waals surface area contributed by atoms with Crippen LogP contribution < -0.4 is 6.15 Å². The zero-order valence-corrected chi connectivity index (χ0v) is 20.3. The molecule has 0 heterocycles. The molecule has 0 aliphatic carbocycles. The maximum absolute atomic E-state index is 14.7. The van der Waals surface area contributed by atoms with E-state index in [1.54, 1.807) is 0 Å². The Bertz CT molecular complexity index is 725. The van der Waals surface area contributed by atoms with Crippen LogP contribution in [-0.2, 0) is 13.3 Å². The van der Waals surface area contributed by atoms with Crippen LogP contribution in [-0.4, -0.2) is 88.7 Å². The van der Waals surface area contributed by atoms with Crippen LogP contribution in [0, 0.1) is 0 Å². The van der Waals surface area contributed by atoms with Crippen molar-refractivity contribution in [1.29, 1.82) is 0 Å². The minimum absolute atomic E-state index is 0. The van der Waals surface area contributed by atoms with Crippen molar-refractivity contribution < 1.29 is 87.9 Å². The highest BCUT2D eigenvalue weighted by molar-refractivity contribution is 6.62. The number of rotatable bonds is 16. The normalized spacial score (nSPS) is 17.3. The Morgan fingerprint density at radius 1 is 0.526 bits per heavy atom. The van der Waals surface area contributed by atoms with Gasteiger partial charge in [0.25, 0.3) is 6.43 Å². The highest BCUT2D eigenvalue weighted by atomic mass is 28.4. The summed E-state index contributed by atoms with van der Waals surface area (Å²) in [5.41, 5.74) is 0. The van der Waals surface area contributed by atoms with Gasteiger partial charge in [0, 0.05) is 19.8 Å². The quantitative estimate of drug-likeness (QED) is 0.151. The van der Waals surface area contributed by atoms with Gasteiger partial charge >= 0.3 is 44.3 Å². The first-order chi connectivity index (χ1) is 16.4. The third-order valence-corrected chi connectivity index (χ3v) is 7.61. The first kappa shape index (κ1) is 39.0. The molecular weight excluding hydrogens is 605 g/mol. The summed E-state index contributed by atoms with van der Waals surface area (Å²) >= 11 is 0. The molecule has 0 saturated heterocycles. The maximum Gasteiger partial charge on any atom is 0.543 e. The van der Waals surface area contributed by atoms with Gasteiger partial charge in [-0.15, -0.1) is 0 Å². The van der Waals surface area contributed by atoms with Gasteiger partial charge in [-0.05, 0) is 20.8 Å². The van der Waals surface area contributed by atoms with Crippen LogP contribution in [0.4, 0.5) is 74.6 Å². The van der Waals surface area contributed by atoms with Crippen molar-refractivity contribution in [2.24, 2.45) is 0 Å². The summed E-state index contributed by atoms with van der Waals surface area (Å²) in [5.74, 6) is -52.9. The first-order valence-electron chi connectivity index (χ1n) is 9.74. The topological polar surface area (TPSA) is 62.7 Å². The lowest BCUT2D eigenvalue weighted by Gasteiger charge is -2.43. The van der Waals surface area contributed by atoms with Crippen LogP contribution in [0.2, 0.25) is 0 Å². The number of hydrogen-bond acceptors (Lipinski definition) is 4. The molecule has 3 atom stereocenters.